The molecule has 0 radical (unpaired) electrons. The van der Waals surface area contributed by atoms with E-state index in [1.807, 2.05) is 25.1 Å². The molecule has 1 saturated heterocycles. The first-order chi connectivity index (χ1) is 13.0. The minimum Gasteiger partial charge on any atom is -0.462 e. The van der Waals surface area contributed by atoms with Crippen LogP contribution in [-0.4, -0.2) is 35.1 Å². The van der Waals surface area contributed by atoms with Crippen LogP contribution in [0.25, 0.3) is 0 Å². The van der Waals surface area contributed by atoms with Crippen molar-refractivity contribution in [1.82, 2.24) is 5.32 Å². The maximum atomic E-state index is 12.9. The Bertz CT molecular complexity index is 635. The lowest BCUT2D eigenvalue weighted by molar-refractivity contribution is -0.172. The summed E-state index contributed by atoms with van der Waals surface area (Å²) in [6.07, 6.45) is 4.42. The van der Waals surface area contributed by atoms with Gasteiger partial charge in [0.05, 0.1) is 5.92 Å². The number of ether oxygens (including phenoxy) is 2. The molecule has 0 aromatic heterocycles. The van der Waals surface area contributed by atoms with Crippen LogP contribution in [0, 0.1) is 5.92 Å². The number of rotatable bonds is 5. The topological polar surface area (TPSA) is 64.6 Å². The second kappa shape index (κ2) is 9.37. The van der Waals surface area contributed by atoms with E-state index in [9.17, 15) is 9.59 Å². The predicted molar refractivity (Wildman–Crippen MR) is 112 cm³/mol. The van der Waals surface area contributed by atoms with Crippen LogP contribution in [0.15, 0.2) is 30.3 Å². The third-order valence-electron chi connectivity index (χ3n) is 5.62. The highest BCUT2D eigenvalue weighted by molar-refractivity contribution is 14.1. The predicted octanol–water partition coefficient (Wildman–Crippen LogP) is 3.73. The summed E-state index contributed by atoms with van der Waals surface area (Å²) < 4.78 is 11.5. The van der Waals surface area contributed by atoms with E-state index < -0.39 is 5.60 Å². The number of benzene rings is 1. The second-order valence-electron chi connectivity index (χ2n) is 7.56. The molecule has 0 bridgehead atoms. The van der Waals surface area contributed by atoms with Gasteiger partial charge in [-0.1, -0.05) is 52.9 Å². The molecule has 1 N–H and O–H groups in total. The van der Waals surface area contributed by atoms with Crippen LogP contribution in [0.1, 0.15) is 51.0 Å². The Labute approximate surface area is 174 Å². The molecule has 1 heterocycles. The monoisotopic (exact) mass is 485 g/mol. The van der Waals surface area contributed by atoms with Gasteiger partial charge in [0, 0.05) is 12.8 Å². The molecular weight excluding hydrogens is 457 g/mol. The molecule has 2 fully saturated rings. The van der Waals surface area contributed by atoms with Gasteiger partial charge in [0.1, 0.15) is 15.6 Å². The molecule has 1 unspecified atom stereocenters. The van der Waals surface area contributed by atoms with Crippen molar-refractivity contribution in [2.24, 2.45) is 5.92 Å². The number of alkyl halides is 1. The molecule has 0 amide bonds. The molecule has 1 aromatic carbocycles. The molecule has 27 heavy (non-hydrogen) atoms. The van der Waals surface area contributed by atoms with Crippen LogP contribution in [0.2, 0.25) is 0 Å². The molecule has 148 valence electrons. The van der Waals surface area contributed by atoms with Crippen molar-refractivity contribution in [3.63, 3.8) is 0 Å². The fraction of sp³-hybridized carbons (Fsp3) is 0.619. The highest BCUT2D eigenvalue weighted by Gasteiger charge is 2.40. The first-order valence-electron chi connectivity index (χ1n) is 9.84. The van der Waals surface area contributed by atoms with E-state index in [4.69, 9.17) is 9.47 Å². The third kappa shape index (κ3) is 5.22. The lowest BCUT2D eigenvalue weighted by atomic mass is 9.83. The Morgan fingerprint density at radius 2 is 1.74 bits per heavy atom. The molecule has 1 atom stereocenters. The molecule has 1 aliphatic carbocycles. The number of nitrogens with one attached hydrogen (secondary N) is 1. The number of esters is 2. The summed E-state index contributed by atoms with van der Waals surface area (Å²) in [7, 11) is 0. The summed E-state index contributed by atoms with van der Waals surface area (Å²) in [4.78, 5) is 24.7. The van der Waals surface area contributed by atoms with Crippen LogP contribution >= 0.6 is 22.6 Å². The normalized spacial score (nSPS) is 26.0. The molecule has 1 aromatic rings. The third-order valence-corrected chi connectivity index (χ3v) is 6.13. The Morgan fingerprint density at radius 3 is 2.33 bits per heavy atom. The summed E-state index contributed by atoms with van der Waals surface area (Å²) in [6, 6.07) is 10.1. The largest absolute Gasteiger partial charge is 0.462 e. The maximum absolute atomic E-state index is 12.9. The number of hydrogen-bond acceptors (Lipinski definition) is 5. The smallest absolute Gasteiger partial charge is 0.318 e. The fourth-order valence-electron chi connectivity index (χ4n) is 3.97. The lowest BCUT2D eigenvalue weighted by Gasteiger charge is -2.39. The minimum absolute atomic E-state index is 0.0688. The SMILES string of the molecule is CC(I)C(=O)OC1CCC(C(=O)OC2(c3ccccc3)CCNCC2)CC1. The summed E-state index contributed by atoms with van der Waals surface area (Å²) >= 11 is 2.06. The van der Waals surface area contributed by atoms with Gasteiger partial charge in [-0.15, -0.1) is 0 Å². The number of piperidine rings is 1. The Kier molecular flexibility index (Phi) is 7.14. The Balaban J connectivity index is 1.60. The average molecular weight is 485 g/mol. The maximum Gasteiger partial charge on any atom is 0.318 e. The summed E-state index contributed by atoms with van der Waals surface area (Å²) in [5, 5.41) is 3.35. The zero-order chi connectivity index (χ0) is 19.3. The van der Waals surface area contributed by atoms with Crippen molar-refractivity contribution in [3.05, 3.63) is 35.9 Å². The van der Waals surface area contributed by atoms with Gasteiger partial charge in [-0.25, -0.2) is 0 Å². The molecule has 0 spiro atoms. The van der Waals surface area contributed by atoms with Crippen LogP contribution in [0.5, 0.6) is 0 Å². The second-order valence-corrected chi connectivity index (χ2v) is 9.43. The minimum atomic E-state index is -0.524. The van der Waals surface area contributed by atoms with E-state index in [0.29, 0.717) is 0 Å². The molecular formula is C21H28INO4. The van der Waals surface area contributed by atoms with Gasteiger partial charge in [-0.2, -0.15) is 0 Å². The molecule has 2 aliphatic rings. The molecule has 1 aliphatic heterocycles. The van der Waals surface area contributed by atoms with E-state index in [1.54, 1.807) is 0 Å². The van der Waals surface area contributed by atoms with E-state index in [2.05, 4.69) is 40.0 Å². The van der Waals surface area contributed by atoms with Crippen molar-refractivity contribution in [2.45, 2.75) is 61.1 Å². The lowest BCUT2D eigenvalue weighted by Crippen LogP contribution is -2.44. The van der Waals surface area contributed by atoms with Crippen molar-refractivity contribution < 1.29 is 19.1 Å². The van der Waals surface area contributed by atoms with Gasteiger partial charge in [-0.3, -0.25) is 9.59 Å². The summed E-state index contributed by atoms with van der Waals surface area (Å²) in [5.74, 6) is -0.375. The summed E-state index contributed by atoms with van der Waals surface area (Å²) in [5.41, 5.74) is 0.558. The van der Waals surface area contributed by atoms with Gasteiger partial charge < -0.3 is 14.8 Å². The first-order valence-corrected chi connectivity index (χ1v) is 11.1. The quantitative estimate of drug-likeness (QED) is 0.391. The van der Waals surface area contributed by atoms with Gasteiger partial charge in [-0.05, 0) is 51.3 Å². The van der Waals surface area contributed by atoms with Crippen molar-refractivity contribution in [1.29, 1.82) is 0 Å². The first kappa shape index (κ1) is 20.6. The zero-order valence-corrected chi connectivity index (χ0v) is 17.9. The van der Waals surface area contributed by atoms with Crippen LogP contribution in [-0.2, 0) is 24.7 Å². The Morgan fingerprint density at radius 1 is 1.11 bits per heavy atom. The van der Waals surface area contributed by atoms with E-state index in [-0.39, 0.29) is 27.9 Å². The highest BCUT2D eigenvalue weighted by atomic mass is 127. The summed E-state index contributed by atoms with van der Waals surface area (Å²) in [6.45, 7) is 3.52. The molecule has 3 rings (SSSR count). The zero-order valence-electron chi connectivity index (χ0n) is 15.8. The van der Waals surface area contributed by atoms with E-state index in [0.717, 1.165) is 57.2 Å². The van der Waals surface area contributed by atoms with Gasteiger partial charge >= 0.3 is 11.9 Å². The van der Waals surface area contributed by atoms with Crippen LogP contribution < -0.4 is 5.32 Å². The van der Waals surface area contributed by atoms with E-state index in [1.165, 1.54) is 0 Å². The molecule has 6 heteroatoms. The number of halogens is 1. The number of hydrogen-bond donors (Lipinski definition) is 1. The van der Waals surface area contributed by atoms with E-state index >= 15 is 0 Å². The average Bonchev–Trinajstić information content (AvgIpc) is 2.70. The highest BCUT2D eigenvalue weighted by Crippen LogP contribution is 2.37. The van der Waals surface area contributed by atoms with Gasteiger partial charge in [0.25, 0.3) is 0 Å². The number of carbonyl (C=O) groups is 2. The van der Waals surface area contributed by atoms with Crippen LogP contribution in [0.3, 0.4) is 0 Å². The van der Waals surface area contributed by atoms with Crippen molar-refractivity contribution in [2.75, 3.05) is 13.1 Å². The standard InChI is InChI=1S/C21H28INO4/c1-15(22)19(24)26-18-9-7-16(8-10-18)20(25)27-21(11-13-23-14-12-21)17-5-3-2-4-6-17/h2-6,15-16,18,23H,7-14H2,1H3. The number of carbonyl (C=O) groups excluding carboxylic acids is 2. The van der Waals surface area contributed by atoms with Crippen molar-refractivity contribution in [3.8, 4) is 0 Å². The van der Waals surface area contributed by atoms with Gasteiger partial charge in [0.15, 0.2) is 0 Å². The Hall–Kier alpha value is -1.15. The molecule has 1 saturated carbocycles. The van der Waals surface area contributed by atoms with Crippen molar-refractivity contribution >= 4 is 34.5 Å². The molecule has 5 nitrogen and oxygen atoms in total. The fourth-order valence-corrected chi connectivity index (χ4v) is 4.12. The van der Waals surface area contributed by atoms with Gasteiger partial charge in [0.2, 0.25) is 0 Å². The van der Waals surface area contributed by atoms with Crippen LogP contribution in [0.4, 0.5) is 0 Å².